The Bertz CT molecular complexity index is 492. The van der Waals surface area contributed by atoms with Crippen LogP contribution in [0.25, 0.3) is 0 Å². The second kappa shape index (κ2) is 6.37. The van der Waals surface area contributed by atoms with Gasteiger partial charge in [0, 0.05) is 22.8 Å². The second-order valence-electron chi connectivity index (χ2n) is 4.26. The van der Waals surface area contributed by atoms with Crippen molar-refractivity contribution in [3.8, 4) is 0 Å². The lowest BCUT2D eigenvalue weighted by Gasteiger charge is -2.25. The Kier molecular flexibility index (Phi) is 5.65. The van der Waals surface area contributed by atoms with Crippen molar-refractivity contribution in [1.82, 2.24) is 4.31 Å². The second-order valence-corrected chi connectivity index (χ2v) is 7.83. The van der Waals surface area contributed by atoms with Crippen molar-refractivity contribution in [3.05, 3.63) is 15.8 Å². The summed E-state index contributed by atoms with van der Waals surface area (Å²) in [7, 11) is -1.74. The van der Waals surface area contributed by atoms with E-state index in [2.05, 4.69) is 0 Å². The van der Waals surface area contributed by atoms with Crippen LogP contribution in [0.3, 0.4) is 0 Å². The average Bonchev–Trinajstić information content (AvgIpc) is 2.72. The van der Waals surface area contributed by atoms with Crippen LogP contribution in [0, 0.1) is 6.92 Å². The van der Waals surface area contributed by atoms with Crippen molar-refractivity contribution in [1.29, 1.82) is 0 Å². The van der Waals surface area contributed by atoms with Crippen LogP contribution >= 0.6 is 22.9 Å². The van der Waals surface area contributed by atoms with Gasteiger partial charge in [0.15, 0.2) is 0 Å². The van der Waals surface area contributed by atoms with E-state index in [1.807, 2.05) is 20.8 Å². The molecule has 3 nitrogen and oxygen atoms in total. The van der Waals surface area contributed by atoms with Crippen LogP contribution < -0.4 is 0 Å². The third kappa shape index (κ3) is 3.07. The van der Waals surface area contributed by atoms with E-state index < -0.39 is 10.0 Å². The summed E-state index contributed by atoms with van der Waals surface area (Å²) in [4.78, 5) is 2.10. The number of thiophene rings is 1. The van der Waals surface area contributed by atoms with Crippen molar-refractivity contribution in [2.24, 2.45) is 0 Å². The Hall–Kier alpha value is -0.100. The van der Waals surface area contributed by atoms with Gasteiger partial charge in [0.2, 0.25) is 10.0 Å². The Morgan fingerprint density at radius 1 is 1.39 bits per heavy atom. The SMILES string of the molecule is CCC(CC)N(C)S(=O)(=O)c1cc(CCl)sc1C. The number of rotatable bonds is 6. The predicted molar refractivity (Wildman–Crippen MR) is 77.9 cm³/mol. The van der Waals surface area contributed by atoms with E-state index in [1.165, 1.54) is 15.6 Å². The average molecular weight is 310 g/mol. The molecule has 0 unspecified atom stereocenters. The number of aryl methyl sites for hydroxylation is 1. The molecule has 0 amide bonds. The lowest BCUT2D eigenvalue weighted by Crippen LogP contribution is -2.36. The van der Waals surface area contributed by atoms with Crippen molar-refractivity contribution in [2.75, 3.05) is 7.05 Å². The smallest absolute Gasteiger partial charge is 0.207 e. The molecule has 1 rings (SSSR count). The molecule has 0 radical (unpaired) electrons. The van der Waals surface area contributed by atoms with Crippen molar-refractivity contribution < 1.29 is 8.42 Å². The quantitative estimate of drug-likeness (QED) is 0.753. The first kappa shape index (κ1) is 16.0. The third-order valence-electron chi connectivity index (χ3n) is 3.17. The summed E-state index contributed by atoms with van der Waals surface area (Å²) in [6.45, 7) is 5.84. The molecule has 0 saturated heterocycles. The minimum Gasteiger partial charge on any atom is -0.207 e. The zero-order chi connectivity index (χ0) is 13.9. The molecule has 0 aliphatic heterocycles. The molecule has 0 spiro atoms. The van der Waals surface area contributed by atoms with Crippen LogP contribution in [0.4, 0.5) is 0 Å². The summed E-state index contributed by atoms with van der Waals surface area (Å²) in [6.07, 6.45) is 1.63. The fraction of sp³-hybridized carbons (Fsp3) is 0.667. The molecule has 0 aliphatic rings. The standard InChI is InChI=1S/C12H20ClNO2S2/c1-5-10(6-2)14(4)18(15,16)12-7-11(8-13)17-9(12)3/h7,10H,5-6,8H2,1-4H3. The van der Waals surface area contributed by atoms with E-state index in [4.69, 9.17) is 11.6 Å². The summed E-state index contributed by atoms with van der Waals surface area (Å²) in [5.74, 6) is 0.357. The fourth-order valence-corrected chi connectivity index (χ4v) is 5.20. The van der Waals surface area contributed by atoms with E-state index in [0.29, 0.717) is 10.8 Å². The van der Waals surface area contributed by atoms with Crippen LogP contribution in [0.15, 0.2) is 11.0 Å². The number of halogens is 1. The van der Waals surface area contributed by atoms with Crippen molar-refractivity contribution in [2.45, 2.75) is 50.4 Å². The number of alkyl halides is 1. The summed E-state index contributed by atoms with van der Waals surface area (Å²) >= 11 is 7.21. The van der Waals surface area contributed by atoms with Gasteiger partial charge < -0.3 is 0 Å². The van der Waals surface area contributed by atoms with Crippen LogP contribution in [-0.2, 0) is 15.9 Å². The lowest BCUT2D eigenvalue weighted by atomic mass is 10.2. The highest BCUT2D eigenvalue weighted by molar-refractivity contribution is 7.89. The van der Waals surface area contributed by atoms with E-state index >= 15 is 0 Å². The first-order valence-corrected chi connectivity index (χ1v) is 8.80. The molecule has 1 aromatic heterocycles. The Labute approximate surface area is 119 Å². The summed E-state index contributed by atoms with van der Waals surface area (Å²) < 4.78 is 26.5. The maximum absolute atomic E-state index is 12.5. The maximum Gasteiger partial charge on any atom is 0.244 e. The molecule has 6 heteroatoms. The lowest BCUT2D eigenvalue weighted by molar-refractivity contribution is 0.349. The molecule has 1 aromatic rings. The molecule has 104 valence electrons. The van der Waals surface area contributed by atoms with Gasteiger partial charge in [-0.1, -0.05) is 13.8 Å². The Morgan fingerprint density at radius 2 is 1.94 bits per heavy atom. The van der Waals surface area contributed by atoms with E-state index in [9.17, 15) is 8.42 Å². The van der Waals surface area contributed by atoms with Gasteiger partial charge in [-0.3, -0.25) is 0 Å². The summed E-state index contributed by atoms with van der Waals surface area (Å²) in [6, 6.07) is 1.75. The van der Waals surface area contributed by atoms with Gasteiger partial charge in [0.1, 0.15) is 0 Å². The number of nitrogens with zero attached hydrogens (tertiary/aromatic N) is 1. The molecule has 0 fully saturated rings. The molecule has 1 heterocycles. The largest absolute Gasteiger partial charge is 0.244 e. The topological polar surface area (TPSA) is 37.4 Å². The van der Waals surface area contributed by atoms with Gasteiger partial charge in [0.05, 0.1) is 10.8 Å². The monoisotopic (exact) mass is 309 g/mol. The fourth-order valence-electron chi connectivity index (χ4n) is 2.00. The molecule has 0 atom stereocenters. The molecule has 0 aliphatic carbocycles. The van der Waals surface area contributed by atoms with E-state index in [0.717, 1.165) is 22.6 Å². The molecule has 0 aromatic carbocycles. The van der Waals surface area contributed by atoms with Crippen LogP contribution in [0.1, 0.15) is 36.4 Å². The van der Waals surface area contributed by atoms with Gasteiger partial charge >= 0.3 is 0 Å². The molecule has 0 bridgehead atoms. The molecular weight excluding hydrogens is 290 g/mol. The highest BCUT2D eigenvalue weighted by atomic mass is 35.5. The summed E-state index contributed by atoms with van der Waals surface area (Å²) in [5.41, 5.74) is 0. The summed E-state index contributed by atoms with van der Waals surface area (Å²) in [5, 5.41) is 0. The van der Waals surface area contributed by atoms with Crippen molar-refractivity contribution >= 4 is 33.0 Å². The highest BCUT2D eigenvalue weighted by Crippen LogP contribution is 2.30. The van der Waals surface area contributed by atoms with Gasteiger partial charge in [-0.25, -0.2) is 8.42 Å². The van der Waals surface area contributed by atoms with Crippen LogP contribution in [0.2, 0.25) is 0 Å². The number of hydrogen-bond donors (Lipinski definition) is 0. The molecule has 18 heavy (non-hydrogen) atoms. The zero-order valence-corrected chi connectivity index (χ0v) is 13.6. The predicted octanol–water partition coefficient (Wildman–Crippen LogP) is 3.60. The third-order valence-corrected chi connectivity index (χ3v) is 6.83. The van der Waals surface area contributed by atoms with E-state index in [1.54, 1.807) is 13.1 Å². The zero-order valence-electron chi connectivity index (χ0n) is 11.2. The maximum atomic E-state index is 12.5. The normalized spacial score (nSPS) is 12.6. The van der Waals surface area contributed by atoms with Gasteiger partial charge in [-0.15, -0.1) is 22.9 Å². The first-order valence-electron chi connectivity index (χ1n) is 6.01. The number of hydrogen-bond acceptors (Lipinski definition) is 3. The van der Waals surface area contributed by atoms with Crippen LogP contribution in [0.5, 0.6) is 0 Å². The molecule has 0 saturated carbocycles. The van der Waals surface area contributed by atoms with Gasteiger partial charge in [0.25, 0.3) is 0 Å². The minimum absolute atomic E-state index is 0.0498. The Balaban J connectivity index is 3.16. The molecule has 0 N–H and O–H groups in total. The van der Waals surface area contributed by atoms with E-state index in [-0.39, 0.29) is 6.04 Å². The van der Waals surface area contributed by atoms with Gasteiger partial charge in [-0.05, 0) is 25.8 Å². The first-order chi connectivity index (χ1) is 8.38. The van der Waals surface area contributed by atoms with Crippen LogP contribution in [-0.4, -0.2) is 25.8 Å². The highest BCUT2D eigenvalue weighted by Gasteiger charge is 2.28. The van der Waals surface area contributed by atoms with Crippen molar-refractivity contribution in [3.63, 3.8) is 0 Å². The Morgan fingerprint density at radius 3 is 2.33 bits per heavy atom. The molecular formula is C12H20ClNO2S2. The number of sulfonamides is 1. The van der Waals surface area contributed by atoms with Gasteiger partial charge in [-0.2, -0.15) is 4.31 Å². The minimum atomic E-state index is -3.40.